The Labute approximate surface area is 146 Å². The molecule has 1 aromatic heterocycles. The lowest BCUT2D eigenvalue weighted by atomic mass is 9.82. The Kier molecular flexibility index (Phi) is 5.35. The standard InChI is InChI=1S/C17H21NO4S2/c1-5-17(2,3)12-6-8-13(9-7-12)24(20,21)18-14-10-11-23-15(14)16(19)22-4/h6-11,18H,5H2,1-4H3. The van der Waals surface area contributed by atoms with E-state index < -0.39 is 16.0 Å². The van der Waals surface area contributed by atoms with E-state index >= 15 is 0 Å². The SMILES string of the molecule is CCC(C)(C)c1ccc(S(=O)(=O)Nc2ccsc2C(=O)OC)cc1. The van der Waals surface area contributed by atoms with Crippen molar-refractivity contribution in [2.45, 2.75) is 37.5 Å². The number of ether oxygens (including phenoxy) is 1. The zero-order chi connectivity index (χ0) is 18.0. The molecule has 1 aromatic carbocycles. The molecule has 0 saturated heterocycles. The number of esters is 1. The maximum Gasteiger partial charge on any atom is 0.350 e. The third-order valence-electron chi connectivity index (χ3n) is 4.11. The molecular weight excluding hydrogens is 346 g/mol. The smallest absolute Gasteiger partial charge is 0.350 e. The van der Waals surface area contributed by atoms with Gasteiger partial charge >= 0.3 is 5.97 Å². The number of hydrogen-bond acceptors (Lipinski definition) is 5. The van der Waals surface area contributed by atoms with E-state index in [9.17, 15) is 13.2 Å². The first kappa shape index (κ1) is 18.5. The van der Waals surface area contributed by atoms with Crippen molar-refractivity contribution in [1.29, 1.82) is 0 Å². The van der Waals surface area contributed by atoms with Crippen molar-refractivity contribution in [3.63, 3.8) is 0 Å². The minimum atomic E-state index is -3.77. The molecule has 7 heteroatoms. The van der Waals surface area contributed by atoms with Crippen LogP contribution in [0.2, 0.25) is 0 Å². The molecule has 0 aliphatic rings. The quantitative estimate of drug-likeness (QED) is 0.783. The minimum Gasteiger partial charge on any atom is -0.465 e. The van der Waals surface area contributed by atoms with Crippen molar-refractivity contribution in [3.8, 4) is 0 Å². The van der Waals surface area contributed by atoms with Crippen LogP contribution in [0.25, 0.3) is 0 Å². The van der Waals surface area contributed by atoms with Crippen molar-refractivity contribution in [2.75, 3.05) is 11.8 Å². The molecule has 2 rings (SSSR count). The Morgan fingerprint density at radius 2 is 1.83 bits per heavy atom. The zero-order valence-corrected chi connectivity index (χ0v) is 15.8. The second kappa shape index (κ2) is 6.94. The second-order valence-corrected chi connectivity index (χ2v) is 8.62. The van der Waals surface area contributed by atoms with Crippen LogP contribution in [0.15, 0.2) is 40.6 Å². The molecular formula is C17H21NO4S2. The third-order valence-corrected chi connectivity index (χ3v) is 6.39. The Hall–Kier alpha value is -1.86. The van der Waals surface area contributed by atoms with Gasteiger partial charge in [0.25, 0.3) is 10.0 Å². The van der Waals surface area contributed by atoms with Crippen molar-refractivity contribution in [2.24, 2.45) is 0 Å². The van der Waals surface area contributed by atoms with E-state index in [1.807, 2.05) is 12.1 Å². The molecule has 1 N–H and O–H groups in total. The summed E-state index contributed by atoms with van der Waals surface area (Å²) in [6.45, 7) is 6.32. The summed E-state index contributed by atoms with van der Waals surface area (Å²) in [5, 5.41) is 1.64. The molecule has 0 fully saturated rings. The Morgan fingerprint density at radius 3 is 2.38 bits per heavy atom. The molecule has 2 aromatic rings. The van der Waals surface area contributed by atoms with Crippen molar-refractivity contribution in [3.05, 3.63) is 46.2 Å². The van der Waals surface area contributed by atoms with Crippen LogP contribution in [0.5, 0.6) is 0 Å². The lowest BCUT2D eigenvalue weighted by Crippen LogP contribution is -2.17. The number of rotatable bonds is 6. The highest BCUT2D eigenvalue weighted by atomic mass is 32.2. The fourth-order valence-corrected chi connectivity index (χ4v) is 4.04. The van der Waals surface area contributed by atoms with Crippen LogP contribution in [0, 0.1) is 0 Å². The van der Waals surface area contributed by atoms with Crippen LogP contribution in [0.4, 0.5) is 5.69 Å². The average Bonchev–Trinajstić information content (AvgIpc) is 3.01. The van der Waals surface area contributed by atoms with Crippen molar-refractivity contribution < 1.29 is 17.9 Å². The van der Waals surface area contributed by atoms with Crippen LogP contribution < -0.4 is 4.72 Å². The summed E-state index contributed by atoms with van der Waals surface area (Å²) in [5.74, 6) is -0.567. The summed E-state index contributed by atoms with van der Waals surface area (Å²) in [6.07, 6.45) is 0.953. The Morgan fingerprint density at radius 1 is 1.21 bits per heavy atom. The van der Waals surface area contributed by atoms with E-state index in [1.165, 1.54) is 7.11 Å². The fraction of sp³-hybridized carbons (Fsp3) is 0.353. The highest BCUT2D eigenvalue weighted by molar-refractivity contribution is 7.92. The summed E-state index contributed by atoms with van der Waals surface area (Å²) in [7, 11) is -2.51. The van der Waals surface area contributed by atoms with Gasteiger partial charge in [0.05, 0.1) is 17.7 Å². The van der Waals surface area contributed by atoms with Gasteiger partial charge in [-0.1, -0.05) is 32.9 Å². The largest absolute Gasteiger partial charge is 0.465 e. The predicted octanol–water partition coefficient (Wildman–Crippen LogP) is 4.02. The van der Waals surface area contributed by atoms with E-state index in [2.05, 4.69) is 30.2 Å². The lowest BCUT2D eigenvalue weighted by molar-refractivity contribution is 0.0607. The van der Waals surface area contributed by atoms with Crippen LogP contribution in [0.3, 0.4) is 0 Å². The van der Waals surface area contributed by atoms with Crippen molar-refractivity contribution in [1.82, 2.24) is 0 Å². The van der Waals surface area contributed by atoms with Gasteiger partial charge in [-0.2, -0.15) is 0 Å². The molecule has 0 spiro atoms. The van der Waals surface area contributed by atoms with Gasteiger partial charge in [0.1, 0.15) is 4.88 Å². The summed E-state index contributed by atoms with van der Waals surface area (Å²) in [5.41, 5.74) is 1.29. The van der Waals surface area contributed by atoms with Gasteiger partial charge in [0.15, 0.2) is 0 Å². The molecule has 0 aliphatic carbocycles. The van der Waals surface area contributed by atoms with Gasteiger partial charge in [-0.15, -0.1) is 11.3 Å². The van der Waals surface area contributed by atoms with Crippen LogP contribution in [-0.4, -0.2) is 21.5 Å². The number of hydrogen-bond donors (Lipinski definition) is 1. The molecule has 0 bridgehead atoms. The number of anilines is 1. The number of nitrogens with one attached hydrogen (secondary N) is 1. The topological polar surface area (TPSA) is 72.5 Å². The monoisotopic (exact) mass is 367 g/mol. The van der Waals surface area contributed by atoms with Gasteiger partial charge < -0.3 is 4.74 Å². The Balaban J connectivity index is 2.29. The summed E-state index contributed by atoms with van der Waals surface area (Å²) in [4.78, 5) is 12.0. The summed E-state index contributed by atoms with van der Waals surface area (Å²) >= 11 is 1.13. The molecule has 5 nitrogen and oxygen atoms in total. The van der Waals surface area contributed by atoms with Crippen molar-refractivity contribution >= 4 is 33.0 Å². The lowest BCUT2D eigenvalue weighted by Gasteiger charge is -2.23. The van der Waals surface area contributed by atoms with E-state index in [4.69, 9.17) is 0 Å². The molecule has 0 unspecified atom stereocenters. The van der Waals surface area contributed by atoms with Gasteiger partial charge in [0.2, 0.25) is 0 Å². The maximum absolute atomic E-state index is 12.5. The molecule has 0 saturated carbocycles. The van der Waals surface area contributed by atoms with Crippen LogP contribution in [0.1, 0.15) is 42.4 Å². The van der Waals surface area contributed by atoms with Crippen LogP contribution >= 0.6 is 11.3 Å². The molecule has 0 atom stereocenters. The number of thiophene rings is 1. The average molecular weight is 367 g/mol. The first-order valence-corrected chi connectivity index (χ1v) is 9.86. The van der Waals surface area contributed by atoms with Gasteiger partial charge in [-0.3, -0.25) is 4.72 Å². The fourth-order valence-electron chi connectivity index (χ4n) is 2.13. The molecule has 0 aliphatic heterocycles. The van der Waals surface area contributed by atoms with Gasteiger partial charge in [-0.25, -0.2) is 13.2 Å². The normalized spacial score (nSPS) is 12.0. The third kappa shape index (κ3) is 3.79. The Bertz CT molecular complexity index is 821. The summed E-state index contributed by atoms with van der Waals surface area (Å²) < 4.78 is 32.2. The van der Waals surface area contributed by atoms with Gasteiger partial charge in [-0.05, 0) is 41.0 Å². The van der Waals surface area contributed by atoms with E-state index in [0.29, 0.717) is 0 Å². The maximum atomic E-state index is 12.5. The molecule has 1 heterocycles. The van der Waals surface area contributed by atoms with E-state index in [1.54, 1.807) is 23.6 Å². The first-order valence-electron chi connectivity index (χ1n) is 7.50. The number of sulfonamides is 1. The zero-order valence-electron chi connectivity index (χ0n) is 14.1. The first-order chi connectivity index (χ1) is 11.2. The molecule has 130 valence electrons. The number of carbonyl (C=O) groups excluding carboxylic acids is 1. The summed E-state index contributed by atoms with van der Waals surface area (Å²) in [6, 6.07) is 8.36. The second-order valence-electron chi connectivity index (χ2n) is 6.02. The van der Waals surface area contributed by atoms with E-state index in [0.717, 1.165) is 23.3 Å². The minimum absolute atomic E-state index is 0.0128. The highest BCUT2D eigenvalue weighted by Crippen LogP contribution is 2.29. The highest BCUT2D eigenvalue weighted by Gasteiger charge is 2.22. The molecule has 0 amide bonds. The molecule has 0 radical (unpaired) electrons. The number of carbonyl (C=O) groups is 1. The predicted molar refractivity (Wildman–Crippen MR) is 96.2 cm³/mol. The van der Waals surface area contributed by atoms with Gasteiger partial charge in [0, 0.05) is 0 Å². The molecule has 24 heavy (non-hydrogen) atoms. The van der Waals surface area contributed by atoms with Crippen LogP contribution in [-0.2, 0) is 20.2 Å². The van der Waals surface area contributed by atoms with E-state index in [-0.39, 0.29) is 20.9 Å². The number of methoxy groups -OCH3 is 1. The number of benzene rings is 1.